The molecular formula is C15H11ClN2O2S. The molecule has 0 radical (unpaired) electrons. The van der Waals surface area contributed by atoms with Gasteiger partial charge >= 0.3 is 0 Å². The van der Waals surface area contributed by atoms with Gasteiger partial charge in [0.1, 0.15) is 5.70 Å². The first-order chi connectivity index (χ1) is 10.1. The lowest BCUT2D eigenvalue weighted by Crippen LogP contribution is -2.33. The number of imide groups is 1. The summed E-state index contributed by atoms with van der Waals surface area (Å²) in [6, 6.07) is 10.5. The summed E-state index contributed by atoms with van der Waals surface area (Å²) in [5.41, 5.74) is 0.821. The number of benzene rings is 1. The van der Waals surface area contributed by atoms with Gasteiger partial charge < -0.3 is 5.32 Å². The van der Waals surface area contributed by atoms with Gasteiger partial charge in [0.2, 0.25) is 0 Å². The standard InChI is InChI=1S/C15H11ClN2O2S/c16-10-3-5-11(6-4-10)18-14(19)8-13(15(18)20)17-9-12-2-1-7-21-12/h1-8,17H,9H2. The summed E-state index contributed by atoms with van der Waals surface area (Å²) in [5, 5.41) is 5.53. The third-order valence-electron chi connectivity index (χ3n) is 3.04. The maximum atomic E-state index is 12.3. The molecule has 0 bridgehead atoms. The molecule has 4 nitrogen and oxygen atoms in total. The molecule has 6 heteroatoms. The average molecular weight is 319 g/mol. The molecule has 3 rings (SSSR count). The van der Waals surface area contributed by atoms with E-state index in [9.17, 15) is 9.59 Å². The number of halogens is 1. The topological polar surface area (TPSA) is 49.4 Å². The number of nitrogens with one attached hydrogen (secondary N) is 1. The maximum Gasteiger partial charge on any atom is 0.281 e. The second kappa shape index (κ2) is 5.71. The summed E-state index contributed by atoms with van der Waals surface area (Å²) < 4.78 is 0. The van der Waals surface area contributed by atoms with Crippen LogP contribution >= 0.6 is 22.9 Å². The van der Waals surface area contributed by atoms with Crippen LogP contribution in [0.5, 0.6) is 0 Å². The van der Waals surface area contributed by atoms with Crippen molar-refractivity contribution in [3.63, 3.8) is 0 Å². The third kappa shape index (κ3) is 2.84. The SMILES string of the molecule is O=C1C=C(NCc2cccs2)C(=O)N1c1ccc(Cl)cc1. The van der Waals surface area contributed by atoms with E-state index in [-0.39, 0.29) is 11.8 Å². The molecule has 1 aromatic heterocycles. The van der Waals surface area contributed by atoms with E-state index >= 15 is 0 Å². The minimum Gasteiger partial charge on any atom is -0.376 e. The molecule has 0 saturated carbocycles. The van der Waals surface area contributed by atoms with Crippen LogP contribution in [0.2, 0.25) is 5.02 Å². The predicted octanol–water partition coefficient (Wildman–Crippen LogP) is 2.95. The Balaban J connectivity index is 1.74. The van der Waals surface area contributed by atoms with E-state index < -0.39 is 0 Å². The lowest BCUT2D eigenvalue weighted by molar-refractivity contribution is -0.120. The van der Waals surface area contributed by atoms with E-state index in [4.69, 9.17) is 11.6 Å². The fourth-order valence-corrected chi connectivity index (χ4v) is 2.80. The lowest BCUT2D eigenvalue weighted by atomic mass is 10.3. The number of carbonyl (C=O) groups is 2. The maximum absolute atomic E-state index is 12.3. The van der Waals surface area contributed by atoms with E-state index in [1.54, 1.807) is 35.6 Å². The van der Waals surface area contributed by atoms with Gasteiger partial charge in [-0.2, -0.15) is 0 Å². The Morgan fingerprint density at radius 1 is 1.14 bits per heavy atom. The highest BCUT2D eigenvalue weighted by molar-refractivity contribution is 7.09. The van der Waals surface area contributed by atoms with Crippen molar-refractivity contribution >= 4 is 40.4 Å². The summed E-state index contributed by atoms with van der Waals surface area (Å²) >= 11 is 7.41. The summed E-state index contributed by atoms with van der Waals surface area (Å²) in [7, 11) is 0. The monoisotopic (exact) mass is 318 g/mol. The van der Waals surface area contributed by atoms with Gasteiger partial charge in [-0.15, -0.1) is 11.3 Å². The van der Waals surface area contributed by atoms with Crippen LogP contribution in [0.4, 0.5) is 5.69 Å². The zero-order valence-corrected chi connectivity index (χ0v) is 12.4. The number of hydrogen-bond acceptors (Lipinski definition) is 4. The number of rotatable bonds is 4. The van der Waals surface area contributed by atoms with Gasteiger partial charge in [0.15, 0.2) is 0 Å². The van der Waals surface area contributed by atoms with Crippen LogP contribution in [0.3, 0.4) is 0 Å². The molecule has 0 unspecified atom stereocenters. The van der Waals surface area contributed by atoms with E-state index in [1.165, 1.54) is 6.08 Å². The second-order valence-electron chi connectivity index (χ2n) is 4.45. The van der Waals surface area contributed by atoms with E-state index in [0.717, 1.165) is 9.78 Å². The van der Waals surface area contributed by atoms with Crippen LogP contribution in [0, 0.1) is 0 Å². The average Bonchev–Trinajstić information content (AvgIpc) is 3.07. The number of hydrogen-bond donors (Lipinski definition) is 1. The van der Waals surface area contributed by atoms with Gasteiger partial charge in [-0.3, -0.25) is 9.59 Å². The van der Waals surface area contributed by atoms with Crippen molar-refractivity contribution in [1.29, 1.82) is 0 Å². The zero-order chi connectivity index (χ0) is 14.8. The first-order valence-corrected chi connectivity index (χ1v) is 7.53. The van der Waals surface area contributed by atoms with Crippen LogP contribution in [0.25, 0.3) is 0 Å². The molecule has 1 aliphatic heterocycles. The molecule has 1 aromatic carbocycles. The first kappa shape index (κ1) is 13.9. The summed E-state index contributed by atoms with van der Waals surface area (Å²) in [6.07, 6.45) is 1.32. The Hall–Kier alpha value is -2.11. The summed E-state index contributed by atoms with van der Waals surface area (Å²) in [4.78, 5) is 26.5. The largest absolute Gasteiger partial charge is 0.376 e. The van der Waals surface area contributed by atoms with Crippen LogP contribution in [0.1, 0.15) is 4.88 Å². The van der Waals surface area contributed by atoms with Gasteiger partial charge in [0, 0.05) is 22.5 Å². The van der Waals surface area contributed by atoms with Crippen molar-refractivity contribution in [3.8, 4) is 0 Å². The van der Waals surface area contributed by atoms with Crippen LogP contribution in [-0.4, -0.2) is 11.8 Å². The molecule has 1 N–H and O–H groups in total. The van der Waals surface area contributed by atoms with Gasteiger partial charge in [-0.1, -0.05) is 17.7 Å². The van der Waals surface area contributed by atoms with Crippen molar-refractivity contribution in [2.75, 3.05) is 4.90 Å². The second-order valence-corrected chi connectivity index (χ2v) is 5.91. The van der Waals surface area contributed by atoms with Crippen molar-refractivity contribution in [3.05, 3.63) is 63.5 Å². The van der Waals surface area contributed by atoms with Crippen molar-refractivity contribution in [1.82, 2.24) is 5.32 Å². The molecule has 2 heterocycles. The molecule has 0 fully saturated rings. The molecule has 0 aliphatic carbocycles. The Morgan fingerprint density at radius 3 is 2.57 bits per heavy atom. The highest BCUT2D eigenvalue weighted by atomic mass is 35.5. The Labute approximate surface area is 130 Å². The zero-order valence-electron chi connectivity index (χ0n) is 10.9. The summed E-state index contributed by atoms with van der Waals surface area (Å²) in [5.74, 6) is -0.699. The number of nitrogens with zero attached hydrogens (tertiary/aromatic N) is 1. The van der Waals surface area contributed by atoms with Crippen LogP contribution in [0.15, 0.2) is 53.6 Å². The first-order valence-electron chi connectivity index (χ1n) is 6.27. The van der Waals surface area contributed by atoms with E-state index in [0.29, 0.717) is 23.0 Å². The normalized spacial score (nSPS) is 14.5. The van der Waals surface area contributed by atoms with Gasteiger partial charge in [-0.25, -0.2) is 4.90 Å². The number of amides is 2. The Kier molecular flexibility index (Phi) is 3.77. The quantitative estimate of drug-likeness (QED) is 0.882. The highest BCUT2D eigenvalue weighted by Gasteiger charge is 2.32. The van der Waals surface area contributed by atoms with Crippen LogP contribution < -0.4 is 10.2 Å². The fourth-order valence-electron chi connectivity index (χ4n) is 2.03. The highest BCUT2D eigenvalue weighted by Crippen LogP contribution is 2.23. The fraction of sp³-hybridized carbons (Fsp3) is 0.0667. The molecule has 0 atom stereocenters. The minimum atomic E-state index is -0.351. The minimum absolute atomic E-state index is 0.309. The molecule has 106 valence electrons. The number of thiophene rings is 1. The molecular weight excluding hydrogens is 308 g/mol. The predicted molar refractivity (Wildman–Crippen MR) is 83.2 cm³/mol. The molecule has 2 aromatic rings. The molecule has 0 spiro atoms. The summed E-state index contributed by atoms with van der Waals surface area (Å²) in [6.45, 7) is 0.525. The van der Waals surface area contributed by atoms with Gasteiger partial charge in [-0.05, 0) is 35.7 Å². The molecule has 0 saturated heterocycles. The smallest absolute Gasteiger partial charge is 0.281 e. The molecule has 2 amide bonds. The number of carbonyl (C=O) groups excluding carboxylic acids is 2. The third-order valence-corrected chi connectivity index (χ3v) is 4.17. The van der Waals surface area contributed by atoms with Gasteiger partial charge in [0.25, 0.3) is 11.8 Å². The van der Waals surface area contributed by atoms with Crippen molar-refractivity contribution in [2.45, 2.75) is 6.54 Å². The van der Waals surface area contributed by atoms with E-state index in [1.807, 2.05) is 17.5 Å². The Bertz CT molecular complexity index is 708. The number of anilines is 1. The molecule has 1 aliphatic rings. The lowest BCUT2D eigenvalue weighted by Gasteiger charge is -2.15. The van der Waals surface area contributed by atoms with Crippen LogP contribution in [-0.2, 0) is 16.1 Å². The molecule has 21 heavy (non-hydrogen) atoms. The van der Waals surface area contributed by atoms with E-state index in [2.05, 4.69) is 5.32 Å². The van der Waals surface area contributed by atoms with Gasteiger partial charge in [0.05, 0.1) is 5.69 Å². The van der Waals surface area contributed by atoms with Crippen molar-refractivity contribution in [2.24, 2.45) is 0 Å². The van der Waals surface area contributed by atoms with Crippen molar-refractivity contribution < 1.29 is 9.59 Å². The Morgan fingerprint density at radius 2 is 1.90 bits per heavy atom.